The van der Waals surface area contributed by atoms with E-state index >= 15 is 0 Å². The molecule has 0 aliphatic carbocycles. The van der Waals surface area contributed by atoms with Gasteiger partial charge in [-0.25, -0.2) is 4.21 Å². The summed E-state index contributed by atoms with van der Waals surface area (Å²) in [5.41, 5.74) is 1.03. The van der Waals surface area contributed by atoms with Crippen molar-refractivity contribution in [2.24, 2.45) is 5.92 Å². The van der Waals surface area contributed by atoms with Gasteiger partial charge in [0.2, 0.25) is 0 Å². The van der Waals surface area contributed by atoms with Crippen molar-refractivity contribution >= 4 is 11.1 Å². The monoisotopic (exact) mass is 205 g/mol. The van der Waals surface area contributed by atoms with Gasteiger partial charge in [-0.3, -0.25) is 4.90 Å². The predicted octanol–water partition coefficient (Wildman–Crippen LogP) is 1.70. The van der Waals surface area contributed by atoms with Crippen LogP contribution in [0.1, 0.15) is 20.8 Å². The van der Waals surface area contributed by atoms with Gasteiger partial charge < -0.3 is 4.55 Å². The van der Waals surface area contributed by atoms with E-state index in [0.717, 1.165) is 5.57 Å². The Balaban J connectivity index is 4.37. The van der Waals surface area contributed by atoms with Crippen molar-refractivity contribution in [1.29, 1.82) is 0 Å². The first-order chi connectivity index (χ1) is 5.86. The topological polar surface area (TPSA) is 40.5 Å². The fourth-order valence-electron chi connectivity index (χ4n) is 1.71. The molecule has 0 radical (unpaired) electrons. The molecule has 0 aromatic heterocycles. The van der Waals surface area contributed by atoms with Crippen molar-refractivity contribution < 1.29 is 8.76 Å². The van der Waals surface area contributed by atoms with Crippen LogP contribution < -0.4 is 0 Å². The molecule has 1 N–H and O–H groups in total. The molecule has 0 aliphatic rings. The molecule has 0 spiro atoms. The van der Waals surface area contributed by atoms with Gasteiger partial charge in [0.1, 0.15) is 5.88 Å². The number of nitrogens with zero attached hydrogens (tertiary/aromatic N) is 1. The average molecular weight is 205 g/mol. The average Bonchev–Trinajstić information content (AvgIpc) is 1.81. The van der Waals surface area contributed by atoms with E-state index in [1.165, 1.54) is 0 Å². The normalized spacial score (nSPS) is 16.2. The highest BCUT2D eigenvalue weighted by atomic mass is 32.2. The van der Waals surface area contributed by atoms with Crippen LogP contribution in [-0.2, 0) is 11.1 Å². The fraction of sp³-hybridized carbons (Fsp3) is 0.778. The Kier molecular flexibility index (Phi) is 5.44. The van der Waals surface area contributed by atoms with Gasteiger partial charge in [-0.2, -0.15) is 0 Å². The molecule has 4 heteroatoms. The lowest BCUT2D eigenvalue weighted by Crippen LogP contribution is -2.38. The van der Waals surface area contributed by atoms with Gasteiger partial charge in [-0.05, 0) is 19.9 Å². The molecule has 0 aromatic carbocycles. The zero-order valence-electron chi connectivity index (χ0n) is 8.78. The lowest BCUT2D eigenvalue weighted by atomic mass is 9.97. The summed E-state index contributed by atoms with van der Waals surface area (Å²) < 4.78 is 19.3. The van der Waals surface area contributed by atoms with Gasteiger partial charge >= 0.3 is 0 Å². The number of hydrogen-bond acceptors (Lipinski definition) is 2. The Bertz CT molecular complexity index is 204. The van der Waals surface area contributed by atoms with Gasteiger partial charge in [0.05, 0.1) is 0 Å². The first-order valence-corrected chi connectivity index (χ1v) is 5.57. The van der Waals surface area contributed by atoms with E-state index in [-0.39, 0.29) is 11.9 Å². The van der Waals surface area contributed by atoms with Crippen LogP contribution in [0.15, 0.2) is 12.2 Å². The van der Waals surface area contributed by atoms with Crippen LogP contribution in [0, 0.1) is 5.92 Å². The van der Waals surface area contributed by atoms with Gasteiger partial charge in [0, 0.05) is 6.04 Å². The third kappa shape index (κ3) is 4.55. The third-order valence-corrected chi connectivity index (χ3v) is 2.55. The second-order valence-electron chi connectivity index (χ2n) is 3.74. The molecule has 2 atom stereocenters. The predicted molar refractivity (Wildman–Crippen MR) is 56.8 cm³/mol. The van der Waals surface area contributed by atoms with Crippen LogP contribution in [0.25, 0.3) is 0 Å². The molecule has 3 nitrogen and oxygen atoms in total. The van der Waals surface area contributed by atoms with Crippen LogP contribution in [0.5, 0.6) is 0 Å². The lowest BCUT2D eigenvalue weighted by Gasteiger charge is -2.30. The summed E-state index contributed by atoms with van der Waals surface area (Å²) >= 11 is -1.76. The minimum atomic E-state index is -1.76. The van der Waals surface area contributed by atoms with E-state index in [2.05, 4.69) is 20.4 Å². The molecule has 0 aromatic rings. The third-order valence-electron chi connectivity index (χ3n) is 1.93. The number of rotatable bonds is 5. The maximum absolute atomic E-state index is 10.6. The summed E-state index contributed by atoms with van der Waals surface area (Å²) in [5, 5.41) is 0. The molecule has 0 amide bonds. The van der Waals surface area contributed by atoms with Crippen molar-refractivity contribution in [3.63, 3.8) is 0 Å². The molecule has 78 valence electrons. The Hall–Kier alpha value is -0.190. The highest BCUT2D eigenvalue weighted by Gasteiger charge is 2.20. The van der Waals surface area contributed by atoms with Crippen molar-refractivity contribution in [3.05, 3.63) is 12.2 Å². The molecule has 2 unspecified atom stereocenters. The van der Waals surface area contributed by atoms with E-state index in [4.69, 9.17) is 4.55 Å². The SMILES string of the molecule is C=C(C)C(C(C)C)N(C)CS(=O)O. The molecule has 0 aliphatic heterocycles. The van der Waals surface area contributed by atoms with Gasteiger partial charge in [0.25, 0.3) is 0 Å². The molecule has 13 heavy (non-hydrogen) atoms. The Morgan fingerprint density at radius 3 is 2.31 bits per heavy atom. The Labute approximate surface area is 83.1 Å². The van der Waals surface area contributed by atoms with Gasteiger partial charge in [-0.1, -0.05) is 26.0 Å². The summed E-state index contributed by atoms with van der Waals surface area (Å²) in [6, 6.07) is 0.177. The van der Waals surface area contributed by atoms with Crippen molar-refractivity contribution in [1.82, 2.24) is 4.90 Å². The number of hydrogen-bond donors (Lipinski definition) is 1. The Morgan fingerprint density at radius 1 is 1.62 bits per heavy atom. The zero-order chi connectivity index (χ0) is 10.6. The summed E-state index contributed by atoms with van der Waals surface area (Å²) in [6.07, 6.45) is 0. The molecule has 0 bridgehead atoms. The molecule has 0 saturated carbocycles. The fourth-order valence-corrected chi connectivity index (χ4v) is 2.22. The minimum Gasteiger partial charge on any atom is -0.305 e. The van der Waals surface area contributed by atoms with Gasteiger partial charge in [0.15, 0.2) is 11.1 Å². The standard InChI is InChI=1S/C9H19NO2S/c1-7(2)9(8(3)4)10(5)6-13(11)12/h8-9H,1,6H2,2-5H3,(H,11,12). The molecule has 0 saturated heterocycles. The van der Waals surface area contributed by atoms with Crippen LogP contribution in [0.3, 0.4) is 0 Å². The molecule has 0 heterocycles. The first kappa shape index (κ1) is 12.8. The molecular formula is C9H19NO2S. The van der Waals surface area contributed by atoms with Crippen LogP contribution >= 0.6 is 0 Å². The molecular weight excluding hydrogens is 186 g/mol. The smallest absolute Gasteiger partial charge is 0.167 e. The molecule has 0 rings (SSSR count). The highest BCUT2D eigenvalue weighted by Crippen LogP contribution is 2.16. The van der Waals surface area contributed by atoms with Crippen LogP contribution in [0.4, 0.5) is 0 Å². The first-order valence-electron chi connectivity index (χ1n) is 4.29. The summed E-state index contributed by atoms with van der Waals surface area (Å²) in [5.74, 6) is 0.585. The second-order valence-corrected chi connectivity index (χ2v) is 4.64. The highest BCUT2D eigenvalue weighted by molar-refractivity contribution is 7.79. The van der Waals surface area contributed by atoms with Crippen LogP contribution in [-0.4, -0.2) is 32.6 Å². The lowest BCUT2D eigenvalue weighted by molar-refractivity contribution is 0.251. The summed E-state index contributed by atoms with van der Waals surface area (Å²) in [7, 11) is 1.84. The van der Waals surface area contributed by atoms with Crippen molar-refractivity contribution in [3.8, 4) is 0 Å². The van der Waals surface area contributed by atoms with Crippen molar-refractivity contribution in [2.45, 2.75) is 26.8 Å². The quantitative estimate of drug-likeness (QED) is 0.548. The number of likely N-dealkylation sites (N-methyl/N-ethyl adjacent to an activating group) is 1. The molecule has 0 fully saturated rings. The summed E-state index contributed by atoms with van der Waals surface area (Å²) in [4.78, 5) is 1.86. The van der Waals surface area contributed by atoms with E-state index in [1.807, 2.05) is 18.9 Å². The Morgan fingerprint density at radius 2 is 2.08 bits per heavy atom. The maximum atomic E-state index is 10.6. The summed E-state index contributed by atoms with van der Waals surface area (Å²) in [6.45, 7) is 9.99. The minimum absolute atomic E-state index is 0.176. The maximum Gasteiger partial charge on any atom is 0.167 e. The zero-order valence-corrected chi connectivity index (χ0v) is 9.60. The van der Waals surface area contributed by atoms with E-state index in [0.29, 0.717) is 5.92 Å². The van der Waals surface area contributed by atoms with Gasteiger partial charge in [-0.15, -0.1) is 0 Å². The van der Waals surface area contributed by atoms with E-state index < -0.39 is 11.1 Å². The van der Waals surface area contributed by atoms with E-state index in [9.17, 15) is 4.21 Å². The van der Waals surface area contributed by atoms with E-state index in [1.54, 1.807) is 0 Å². The largest absolute Gasteiger partial charge is 0.305 e. The van der Waals surface area contributed by atoms with Crippen molar-refractivity contribution in [2.75, 3.05) is 12.9 Å². The second kappa shape index (κ2) is 5.52. The van der Waals surface area contributed by atoms with Crippen LogP contribution in [0.2, 0.25) is 0 Å².